The van der Waals surface area contributed by atoms with Gasteiger partial charge in [-0.1, -0.05) is 35.5 Å². The van der Waals surface area contributed by atoms with E-state index in [0.29, 0.717) is 26.8 Å². The fourth-order valence-electron chi connectivity index (χ4n) is 2.19. The van der Waals surface area contributed by atoms with E-state index >= 15 is 0 Å². The summed E-state index contributed by atoms with van der Waals surface area (Å²) in [6.07, 6.45) is 0. The van der Waals surface area contributed by atoms with E-state index in [-0.39, 0.29) is 17.1 Å². The molecule has 0 N–H and O–H groups in total. The van der Waals surface area contributed by atoms with Crippen LogP contribution in [0.5, 0.6) is 0 Å². The van der Waals surface area contributed by atoms with E-state index in [1.165, 1.54) is 23.3 Å². The monoisotopic (exact) mass is 344 g/mol. The fourth-order valence-corrected chi connectivity index (χ4v) is 3.13. The van der Waals surface area contributed by atoms with E-state index in [4.69, 9.17) is 11.6 Å². The Morgan fingerprint density at radius 2 is 1.87 bits per heavy atom. The van der Waals surface area contributed by atoms with Gasteiger partial charge in [0.2, 0.25) is 0 Å². The second-order valence-corrected chi connectivity index (χ2v) is 6.40. The van der Waals surface area contributed by atoms with Gasteiger partial charge in [0.15, 0.2) is 5.16 Å². The molecule has 0 amide bonds. The first-order chi connectivity index (χ1) is 11.1. The van der Waals surface area contributed by atoms with Crippen LogP contribution >= 0.6 is 23.4 Å². The second kappa shape index (κ2) is 6.56. The van der Waals surface area contributed by atoms with Gasteiger partial charge >= 0.3 is 0 Å². The number of benzene rings is 2. The Bertz CT molecular complexity index is 935. The third kappa shape index (κ3) is 3.30. The molecule has 0 radical (unpaired) electrons. The number of ketones is 1. The molecule has 0 bridgehead atoms. The highest BCUT2D eigenvalue weighted by Crippen LogP contribution is 2.22. The lowest BCUT2D eigenvalue weighted by atomic mass is 10.2. The Balaban J connectivity index is 2.25. The first-order valence-corrected chi connectivity index (χ1v) is 8.32. The lowest BCUT2D eigenvalue weighted by Gasteiger charge is -2.12. The number of fused-ring (bicyclic) bond motifs is 1. The van der Waals surface area contributed by atoms with Gasteiger partial charge in [-0.05, 0) is 43.3 Å². The van der Waals surface area contributed by atoms with Crippen molar-refractivity contribution in [2.45, 2.75) is 12.1 Å². The molecule has 0 spiro atoms. The van der Waals surface area contributed by atoms with Gasteiger partial charge < -0.3 is 0 Å². The maximum absolute atomic E-state index is 12.9. The number of para-hydroxylation sites is 1. The molecule has 3 aromatic rings. The number of rotatable bonds is 4. The van der Waals surface area contributed by atoms with E-state index in [1.54, 1.807) is 42.5 Å². The number of hydrogen-bond acceptors (Lipinski definition) is 4. The van der Waals surface area contributed by atoms with Gasteiger partial charge in [0.1, 0.15) is 5.78 Å². The first-order valence-electron chi connectivity index (χ1n) is 6.96. The Morgan fingerprint density at radius 1 is 1.17 bits per heavy atom. The van der Waals surface area contributed by atoms with Gasteiger partial charge in [-0.15, -0.1) is 0 Å². The summed E-state index contributed by atoms with van der Waals surface area (Å²) in [4.78, 5) is 28.7. The molecular weight excluding hydrogens is 332 g/mol. The highest BCUT2D eigenvalue weighted by molar-refractivity contribution is 7.99. The maximum Gasteiger partial charge on any atom is 0.266 e. The lowest BCUT2D eigenvalue weighted by Crippen LogP contribution is -2.22. The minimum atomic E-state index is -0.163. The molecule has 0 aliphatic carbocycles. The molecule has 116 valence electrons. The number of aromatic nitrogens is 2. The smallest absolute Gasteiger partial charge is 0.266 e. The predicted octanol–water partition coefficient (Wildman–Crippen LogP) is 3.72. The molecule has 0 atom stereocenters. The minimum absolute atomic E-state index is 0.0278. The molecule has 0 fully saturated rings. The van der Waals surface area contributed by atoms with E-state index in [9.17, 15) is 9.59 Å². The summed E-state index contributed by atoms with van der Waals surface area (Å²) in [5.74, 6) is 0.290. The number of hydrogen-bond donors (Lipinski definition) is 0. The summed E-state index contributed by atoms with van der Waals surface area (Å²) in [5.41, 5.74) is 1.13. The third-order valence-corrected chi connectivity index (χ3v) is 4.57. The first kappa shape index (κ1) is 15.8. The molecule has 0 saturated carbocycles. The van der Waals surface area contributed by atoms with Crippen LogP contribution in [0, 0.1) is 0 Å². The summed E-state index contributed by atoms with van der Waals surface area (Å²) < 4.78 is 1.52. The van der Waals surface area contributed by atoms with Crippen molar-refractivity contribution in [2.24, 2.45) is 0 Å². The van der Waals surface area contributed by atoms with E-state index in [2.05, 4.69) is 4.98 Å². The average molecular weight is 345 g/mol. The van der Waals surface area contributed by atoms with Crippen molar-refractivity contribution >= 4 is 40.0 Å². The minimum Gasteiger partial charge on any atom is -0.299 e. The van der Waals surface area contributed by atoms with Crippen molar-refractivity contribution in [2.75, 3.05) is 5.75 Å². The van der Waals surface area contributed by atoms with Crippen molar-refractivity contribution in [3.63, 3.8) is 0 Å². The van der Waals surface area contributed by atoms with Crippen molar-refractivity contribution < 1.29 is 4.79 Å². The molecule has 0 unspecified atom stereocenters. The molecule has 23 heavy (non-hydrogen) atoms. The van der Waals surface area contributed by atoms with Crippen molar-refractivity contribution in [1.82, 2.24) is 9.55 Å². The zero-order valence-electron chi connectivity index (χ0n) is 12.3. The zero-order valence-corrected chi connectivity index (χ0v) is 13.9. The Kier molecular flexibility index (Phi) is 4.50. The molecule has 0 aliphatic heterocycles. The molecule has 3 rings (SSSR count). The highest BCUT2D eigenvalue weighted by Gasteiger charge is 2.13. The van der Waals surface area contributed by atoms with Crippen LogP contribution in [0.25, 0.3) is 16.6 Å². The van der Waals surface area contributed by atoms with Crippen LogP contribution < -0.4 is 5.56 Å². The predicted molar refractivity (Wildman–Crippen MR) is 93.8 cm³/mol. The molecule has 1 aromatic heterocycles. The van der Waals surface area contributed by atoms with Crippen LogP contribution in [0.2, 0.25) is 5.02 Å². The van der Waals surface area contributed by atoms with Crippen LogP contribution in [0.3, 0.4) is 0 Å². The number of halogens is 1. The van der Waals surface area contributed by atoms with Gasteiger partial charge in [0.25, 0.3) is 5.56 Å². The summed E-state index contributed by atoms with van der Waals surface area (Å²) in [7, 11) is 0. The van der Waals surface area contributed by atoms with Crippen LogP contribution in [-0.4, -0.2) is 21.1 Å². The van der Waals surface area contributed by atoms with Crippen LogP contribution in [0.15, 0.2) is 58.5 Å². The van der Waals surface area contributed by atoms with E-state index in [0.717, 1.165) is 0 Å². The Morgan fingerprint density at radius 3 is 2.57 bits per heavy atom. The molecule has 0 aliphatic rings. The topological polar surface area (TPSA) is 52.0 Å². The van der Waals surface area contributed by atoms with Crippen molar-refractivity contribution in [1.29, 1.82) is 0 Å². The summed E-state index contributed by atoms with van der Waals surface area (Å²) >= 11 is 7.18. The van der Waals surface area contributed by atoms with Gasteiger partial charge in [-0.2, -0.15) is 0 Å². The number of carbonyl (C=O) groups excluding carboxylic acids is 1. The van der Waals surface area contributed by atoms with Crippen LogP contribution in [0.4, 0.5) is 0 Å². The SMILES string of the molecule is CC(=O)CSc1nc2ccccc2c(=O)n1-c1ccc(Cl)cc1. The van der Waals surface area contributed by atoms with Crippen LogP contribution in [0.1, 0.15) is 6.92 Å². The van der Waals surface area contributed by atoms with E-state index in [1.807, 2.05) is 6.07 Å². The summed E-state index contributed by atoms with van der Waals surface area (Å²) in [6.45, 7) is 1.51. The van der Waals surface area contributed by atoms with Crippen molar-refractivity contribution in [3.8, 4) is 5.69 Å². The number of Topliss-reactive ketones (excluding diaryl/α,β-unsaturated/α-hetero) is 1. The van der Waals surface area contributed by atoms with Gasteiger partial charge in [-0.3, -0.25) is 14.2 Å². The van der Waals surface area contributed by atoms with Gasteiger partial charge in [-0.25, -0.2) is 4.98 Å². The largest absolute Gasteiger partial charge is 0.299 e. The molecule has 0 saturated heterocycles. The van der Waals surface area contributed by atoms with Crippen LogP contribution in [-0.2, 0) is 4.79 Å². The van der Waals surface area contributed by atoms with E-state index < -0.39 is 0 Å². The van der Waals surface area contributed by atoms with Crippen molar-refractivity contribution in [3.05, 3.63) is 63.9 Å². The molecule has 2 aromatic carbocycles. The lowest BCUT2D eigenvalue weighted by molar-refractivity contribution is -0.114. The molecular formula is C17H13ClN2O2S. The maximum atomic E-state index is 12.9. The fraction of sp³-hybridized carbons (Fsp3) is 0.118. The Labute approximate surface area is 142 Å². The highest BCUT2D eigenvalue weighted by atomic mass is 35.5. The average Bonchev–Trinajstić information content (AvgIpc) is 2.54. The molecule has 6 heteroatoms. The number of nitrogens with zero attached hydrogens (tertiary/aromatic N) is 2. The third-order valence-electron chi connectivity index (χ3n) is 3.23. The quantitative estimate of drug-likeness (QED) is 0.534. The summed E-state index contributed by atoms with van der Waals surface area (Å²) in [5, 5.41) is 1.62. The standard InChI is InChI=1S/C17H13ClN2O2S/c1-11(21)10-23-17-19-15-5-3-2-4-14(15)16(22)20(17)13-8-6-12(18)7-9-13/h2-9H,10H2,1H3. The van der Waals surface area contributed by atoms with Gasteiger partial charge in [0, 0.05) is 5.02 Å². The number of thioether (sulfide) groups is 1. The van der Waals surface area contributed by atoms with Gasteiger partial charge in [0.05, 0.1) is 22.3 Å². The summed E-state index contributed by atoms with van der Waals surface area (Å²) in [6, 6.07) is 14.1. The molecule has 4 nitrogen and oxygen atoms in total. The Hall–Kier alpha value is -2.11. The molecule has 1 heterocycles. The number of carbonyl (C=O) groups is 1. The second-order valence-electron chi connectivity index (χ2n) is 5.02. The normalized spacial score (nSPS) is 10.9. The zero-order chi connectivity index (χ0) is 16.4.